The number of sulfone groups is 1. The van der Waals surface area contributed by atoms with Gasteiger partial charge in [0.25, 0.3) is 0 Å². The van der Waals surface area contributed by atoms with Gasteiger partial charge in [-0.1, -0.05) is 27.7 Å². The molecule has 4 nitrogen and oxygen atoms in total. The molecule has 0 radical (unpaired) electrons. The van der Waals surface area contributed by atoms with E-state index in [2.05, 4.69) is 10.2 Å². The molecule has 5 heteroatoms. The third kappa shape index (κ3) is 3.89. The van der Waals surface area contributed by atoms with E-state index in [9.17, 15) is 8.42 Å². The second kappa shape index (κ2) is 5.94. The fraction of sp³-hybridized carbons (Fsp3) is 0.636. The minimum absolute atomic E-state index is 0.0628. The molecule has 1 aromatic rings. The average Bonchev–Trinajstić information content (AvgIpc) is 2.19. The molecule has 0 aliphatic rings. The van der Waals surface area contributed by atoms with Crippen LogP contribution in [0.5, 0.6) is 0 Å². The minimum atomic E-state index is -3.20. The highest BCUT2D eigenvalue weighted by molar-refractivity contribution is 7.90. The lowest BCUT2D eigenvalue weighted by Crippen LogP contribution is -2.08. The number of nitrogens with zero attached hydrogens (tertiary/aromatic N) is 2. The molecule has 0 bridgehead atoms. The average molecular weight is 244 g/mol. The summed E-state index contributed by atoms with van der Waals surface area (Å²) in [6, 6.07) is 1.57. The summed E-state index contributed by atoms with van der Waals surface area (Å²) < 4.78 is 22.9. The summed E-state index contributed by atoms with van der Waals surface area (Å²) in [6.45, 7) is 9.52. The molecule has 0 unspecified atom stereocenters. The third-order valence-corrected chi connectivity index (χ3v) is 2.98. The fourth-order valence-corrected chi connectivity index (χ4v) is 2.21. The summed E-state index contributed by atoms with van der Waals surface area (Å²) >= 11 is 0. The fourth-order valence-electron chi connectivity index (χ4n) is 1.17. The molecular formula is C11H20N2O2S. The van der Waals surface area contributed by atoms with Crippen LogP contribution in [0.2, 0.25) is 0 Å². The molecular weight excluding hydrogens is 224 g/mol. The molecule has 16 heavy (non-hydrogen) atoms. The zero-order chi connectivity index (χ0) is 12.9. The smallest absolute Gasteiger partial charge is 0.177 e. The van der Waals surface area contributed by atoms with Gasteiger partial charge in [-0.15, -0.1) is 0 Å². The van der Waals surface area contributed by atoms with Gasteiger partial charge in [0.1, 0.15) is 0 Å². The van der Waals surface area contributed by atoms with Crippen LogP contribution in [0, 0.1) is 6.92 Å². The van der Waals surface area contributed by atoms with Gasteiger partial charge in [0.2, 0.25) is 0 Å². The summed E-state index contributed by atoms with van der Waals surface area (Å²) in [6.07, 6.45) is 1.19. The highest BCUT2D eigenvalue weighted by Crippen LogP contribution is 2.20. The third-order valence-electron chi connectivity index (χ3n) is 1.85. The predicted octanol–water partition coefficient (Wildman–Crippen LogP) is 2.34. The number of hydrogen-bond donors (Lipinski definition) is 0. The topological polar surface area (TPSA) is 59.9 Å². The van der Waals surface area contributed by atoms with Crippen molar-refractivity contribution in [2.45, 2.75) is 45.4 Å². The molecule has 1 rings (SSSR count). The van der Waals surface area contributed by atoms with Crippen LogP contribution < -0.4 is 0 Å². The second-order valence-electron chi connectivity index (χ2n) is 3.66. The van der Waals surface area contributed by atoms with Crippen molar-refractivity contribution in [1.82, 2.24) is 10.2 Å². The highest BCUT2D eigenvalue weighted by Gasteiger charge is 2.17. The first-order valence-corrected chi connectivity index (χ1v) is 7.26. The van der Waals surface area contributed by atoms with Crippen molar-refractivity contribution in [3.8, 4) is 0 Å². The normalized spacial score (nSPS) is 10.9. The number of aromatic nitrogens is 2. The quantitative estimate of drug-likeness (QED) is 0.801. The Bertz CT molecular complexity index is 439. The van der Waals surface area contributed by atoms with Crippen molar-refractivity contribution in [3.63, 3.8) is 0 Å². The Balaban J connectivity index is 0.00000106. The lowest BCUT2D eigenvalue weighted by Gasteiger charge is -2.09. The Kier molecular flexibility index (Phi) is 5.58. The first kappa shape index (κ1) is 15.0. The van der Waals surface area contributed by atoms with Crippen molar-refractivity contribution in [2.75, 3.05) is 6.26 Å². The Morgan fingerprint density at radius 1 is 1.19 bits per heavy atom. The van der Waals surface area contributed by atoms with Crippen molar-refractivity contribution >= 4 is 9.84 Å². The van der Waals surface area contributed by atoms with Gasteiger partial charge < -0.3 is 0 Å². The number of hydrogen-bond acceptors (Lipinski definition) is 4. The zero-order valence-corrected chi connectivity index (χ0v) is 11.6. The van der Waals surface area contributed by atoms with Crippen LogP contribution in [0.25, 0.3) is 0 Å². The summed E-state index contributed by atoms with van der Waals surface area (Å²) in [5, 5.41) is 7.78. The Labute approximate surface area is 98.0 Å². The molecule has 0 saturated carbocycles. The van der Waals surface area contributed by atoms with Crippen LogP contribution in [-0.2, 0) is 9.84 Å². The molecule has 0 aliphatic heterocycles. The molecule has 0 atom stereocenters. The monoisotopic (exact) mass is 244 g/mol. The predicted molar refractivity (Wildman–Crippen MR) is 65.3 cm³/mol. The Morgan fingerprint density at radius 3 is 2.06 bits per heavy atom. The maximum atomic E-state index is 11.4. The van der Waals surface area contributed by atoms with Crippen molar-refractivity contribution in [3.05, 3.63) is 17.5 Å². The summed E-state index contributed by atoms with van der Waals surface area (Å²) in [4.78, 5) is 0.292. The van der Waals surface area contributed by atoms with E-state index in [-0.39, 0.29) is 5.92 Å². The molecule has 0 fully saturated rings. The van der Waals surface area contributed by atoms with E-state index in [0.717, 1.165) is 0 Å². The van der Waals surface area contributed by atoms with Gasteiger partial charge in [-0.05, 0) is 18.9 Å². The maximum Gasteiger partial charge on any atom is 0.177 e. The largest absolute Gasteiger partial charge is 0.224 e. The highest BCUT2D eigenvalue weighted by atomic mass is 32.2. The molecule has 0 spiro atoms. The minimum Gasteiger partial charge on any atom is -0.224 e. The molecule has 1 heterocycles. The van der Waals surface area contributed by atoms with Crippen LogP contribution in [0.15, 0.2) is 11.0 Å². The van der Waals surface area contributed by atoms with Crippen LogP contribution in [0.4, 0.5) is 0 Å². The van der Waals surface area contributed by atoms with Gasteiger partial charge in [0, 0.05) is 6.26 Å². The SMILES string of the molecule is CC.Cc1cc(S(C)(=O)=O)c(C(C)C)nn1. The summed E-state index contributed by atoms with van der Waals surface area (Å²) in [7, 11) is -3.20. The van der Waals surface area contributed by atoms with Crippen LogP contribution in [-0.4, -0.2) is 24.9 Å². The van der Waals surface area contributed by atoms with Crippen molar-refractivity contribution in [1.29, 1.82) is 0 Å². The van der Waals surface area contributed by atoms with Gasteiger partial charge in [0.15, 0.2) is 9.84 Å². The van der Waals surface area contributed by atoms with E-state index in [1.54, 1.807) is 13.0 Å². The second-order valence-corrected chi connectivity index (χ2v) is 5.65. The van der Waals surface area contributed by atoms with Crippen molar-refractivity contribution in [2.24, 2.45) is 0 Å². The molecule has 0 N–H and O–H groups in total. The molecule has 1 aromatic heterocycles. The Hall–Kier alpha value is -0.970. The summed E-state index contributed by atoms with van der Waals surface area (Å²) in [5.74, 6) is 0.0628. The zero-order valence-electron chi connectivity index (χ0n) is 10.8. The number of rotatable bonds is 2. The molecule has 92 valence electrons. The van der Waals surface area contributed by atoms with E-state index in [1.807, 2.05) is 27.7 Å². The van der Waals surface area contributed by atoms with Gasteiger partial charge in [-0.3, -0.25) is 0 Å². The van der Waals surface area contributed by atoms with Crippen LogP contribution in [0.3, 0.4) is 0 Å². The van der Waals surface area contributed by atoms with Gasteiger partial charge >= 0.3 is 0 Å². The molecule has 0 aliphatic carbocycles. The number of aryl methyl sites for hydroxylation is 1. The van der Waals surface area contributed by atoms with E-state index in [1.165, 1.54) is 6.26 Å². The maximum absolute atomic E-state index is 11.4. The molecule has 0 saturated heterocycles. The van der Waals surface area contributed by atoms with Crippen LogP contribution >= 0.6 is 0 Å². The van der Waals surface area contributed by atoms with Gasteiger partial charge in [0.05, 0.1) is 16.3 Å². The van der Waals surface area contributed by atoms with E-state index >= 15 is 0 Å². The van der Waals surface area contributed by atoms with E-state index < -0.39 is 9.84 Å². The standard InChI is InChI=1S/C9H14N2O2S.C2H6/c1-6(2)9-8(14(4,12)13)5-7(3)10-11-9;1-2/h5-6H,1-4H3;1-2H3. The van der Waals surface area contributed by atoms with E-state index in [0.29, 0.717) is 16.3 Å². The first-order chi connectivity index (χ1) is 7.32. The summed E-state index contributed by atoms with van der Waals surface area (Å²) in [5.41, 5.74) is 1.16. The lowest BCUT2D eigenvalue weighted by atomic mass is 10.1. The Morgan fingerprint density at radius 2 is 1.69 bits per heavy atom. The molecule has 0 aromatic carbocycles. The van der Waals surface area contributed by atoms with Crippen molar-refractivity contribution < 1.29 is 8.42 Å². The lowest BCUT2D eigenvalue weighted by molar-refractivity contribution is 0.596. The first-order valence-electron chi connectivity index (χ1n) is 5.36. The molecule has 0 amide bonds. The van der Waals surface area contributed by atoms with Gasteiger partial charge in [-0.25, -0.2) is 8.42 Å². The van der Waals surface area contributed by atoms with Gasteiger partial charge in [-0.2, -0.15) is 10.2 Å². The van der Waals surface area contributed by atoms with E-state index in [4.69, 9.17) is 0 Å². The van der Waals surface area contributed by atoms with Crippen LogP contribution in [0.1, 0.15) is 45.0 Å².